The third-order valence-corrected chi connectivity index (χ3v) is 4.44. The predicted octanol–water partition coefficient (Wildman–Crippen LogP) is 2.56. The van der Waals surface area contributed by atoms with Crippen LogP contribution in [0.5, 0.6) is 0 Å². The van der Waals surface area contributed by atoms with Crippen molar-refractivity contribution in [2.75, 3.05) is 39.4 Å². The lowest BCUT2D eigenvalue weighted by Gasteiger charge is -2.26. The maximum atomic E-state index is 12.1. The Bertz CT molecular complexity index is 666. The molecule has 2 heterocycles. The van der Waals surface area contributed by atoms with E-state index in [1.165, 1.54) is 0 Å². The summed E-state index contributed by atoms with van der Waals surface area (Å²) in [6, 6.07) is 9.33. The van der Waals surface area contributed by atoms with Gasteiger partial charge in [0.2, 0.25) is 0 Å². The molecule has 128 valence electrons. The van der Waals surface area contributed by atoms with Crippen LogP contribution in [0.2, 0.25) is 0 Å². The Hall–Kier alpha value is -1.70. The van der Waals surface area contributed by atoms with Gasteiger partial charge in [0.1, 0.15) is 0 Å². The zero-order valence-corrected chi connectivity index (χ0v) is 14.9. The van der Waals surface area contributed by atoms with Gasteiger partial charge in [-0.1, -0.05) is 33.2 Å². The van der Waals surface area contributed by atoms with Crippen LogP contribution in [0.3, 0.4) is 0 Å². The molecule has 1 aromatic carbocycles. The van der Waals surface area contributed by atoms with Gasteiger partial charge in [0.05, 0.1) is 13.2 Å². The van der Waals surface area contributed by atoms with Gasteiger partial charge < -0.3 is 14.6 Å². The van der Waals surface area contributed by atoms with Gasteiger partial charge in [-0.05, 0) is 25.1 Å². The molecule has 0 spiro atoms. The Morgan fingerprint density at radius 3 is 2.75 bits per heavy atom. The van der Waals surface area contributed by atoms with E-state index in [0.717, 1.165) is 49.3 Å². The summed E-state index contributed by atoms with van der Waals surface area (Å²) in [5.41, 5.74) is 1.19. The van der Waals surface area contributed by atoms with Crippen LogP contribution in [-0.4, -0.2) is 55.4 Å². The maximum Gasteiger partial charge on any atom is 0.273 e. The van der Waals surface area contributed by atoms with Gasteiger partial charge in [0.25, 0.3) is 5.91 Å². The average molecular weight is 394 g/mol. The molecule has 0 unspecified atom stereocenters. The van der Waals surface area contributed by atoms with Crippen LogP contribution in [0.1, 0.15) is 16.9 Å². The fraction of sp³-hybridized carbons (Fsp3) is 0.412. The second-order valence-electron chi connectivity index (χ2n) is 5.65. The normalized spacial score (nSPS) is 15.4. The van der Waals surface area contributed by atoms with E-state index in [4.69, 9.17) is 9.26 Å². The van der Waals surface area contributed by atoms with Gasteiger partial charge in [-0.15, -0.1) is 0 Å². The summed E-state index contributed by atoms with van der Waals surface area (Å²) >= 11 is 3.39. The Morgan fingerprint density at radius 1 is 1.25 bits per heavy atom. The molecule has 1 N–H and O–H groups in total. The number of carbonyl (C=O) groups excluding carboxylic acids is 1. The predicted molar refractivity (Wildman–Crippen MR) is 93.8 cm³/mol. The van der Waals surface area contributed by atoms with E-state index in [1.54, 1.807) is 6.07 Å². The van der Waals surface area contributed by atoms with Crippen LogP contribution in [0.25, 0.3) is 11.3 Å². The lowest BCUT2D eigenvalue weighted by Crippen LogP contribution is -2.38. The van der Waals surface area contributed by atoms with Crippen molar-refractivity contribution in [3.8, 4) is 11.3 Å². The highest BCUT2D eigenvalue weighted by Crippen LogP contribution is 2.22. The summed E-state index contributed by atoms with van der Waals surface area (Å²) in [6.07, 6.45) is 0.906. The molecule has 0 aliphatic carbocycles. The number of amides is 1. The molecule has 1 aliphatic heterocycles. The minimum absolute atomic E-state index is 0.205. The molecular weight excluding hydrogens is 374 g/mol. The van der Waals surface area contributed by atoms with Crippen molar-refractivity contribution in [3.05, 3.63) is 40.5 Å². The Balaban J connectivity index is 1.46. The van der Waals surface area contributed by atoms with Crippen molar-refractivity contribution in [1.29, 1.82) is 0 Å². The molecule has 0 atom stereocenters. The highest BCUT2D eigenvalue weighted by molar-refractivity contribution is 9.10. The van der Waals surface area contributed by atoms with Crippen LogP contribution in [0.15, 0.2) is 39.3 Å². The van der Waals surface area contributed by atoms with Gasteiger partial charge in [-0.3, -0.25) is 9.69 Å². The van der Waals surface area contributed by atoms with Crippen molar-refractivity contribution in [2.24, 2.45) is 0 Å². The standard InChI is InChI=1S/C17H20BrN3O3/c18-14-4-2-13(3-5-14)16-12-15(20-24-16)17(22)19-6-1-7-21-8-10-23-11-9-21/h2-5,12H,1,6-11H2,(H,19,22). The van der Waals surface area contributed by atoms with Crippen LogP contribution >= 0.6 is 15.9 Å². The summed E-state index contributed by atoms with van der Waals surface area (Å²) in [5.74, 6) is 0.380. The number of hydrogen-bond donors (Lipinski definition) is 1. The van der Waals surface area contributed by atoms with Gasteiger partial charge in [0.15, 0.2) is 11.5 Å². The Morgan fingerprint density at radius 2 is 2.00 bits per heavy atom. The van der Waals surface area contributed by atoms with Crippen molar-refractivity contribution in [2.45, 2.75) is 6.42 Å². The molecule has 24 heavy (non-hydrogen) atoms. The number of carbonyl (C=O) groups is 1. The number of rotatable bonds is 6. The molecule has 1 fully saturated rings. The number of morpholine rings is 1. The first-order valence-electron chi connectivity index (χ1n) is 8.03. The van der Waals surface area contributed by atoms with E-state index >= 15 is 0 Å². The van der Waals surface area contributed by atoms with Gasteiger partial charge in [0, 0.05) is 35.7 Å². The molecule has 7 heteroatoms. The summed E-state index contributed by atoms with van der Waals surface area (Å²) in [4.78, 5) is 14.5. The smallest absolute Gasteiger partial charge is 0.273 e. The second kappa shape index (κ2) is 8.41. The first-order chi connectivity index (χ1) is 11.7. The summed E-state index contributed by atoms with van der Waals surface area (Å²) in [6.45, 7) is 5.11. The van der Waals surface area contributed by atoms with Crippen molar-refractivity contribution in [3.63, 3.8) is 0 Å². The summed E-state index contributed by atoms with van der Waals surface area (Å²) < 4.78 is 11.6. The topological polar surface area (TPSA) is 67.6 Å². The second-order valence-corrected chi connectivity index (χ2v) is 6.56. The minimum Gasteiger partial charge on any atom is -0.379 e. The van der Waals surface area contributed by atoms with Crippen LogP contribution in [0, 0.1) is 0 Å². The largest absolute Gasteiger partial charge is 0.379 e. The molecule has 1 saturated heterocycles. The Labute approximate surface area is 149 Å². The van der Waals surface area contributed by atoms with Crippen molar-refractivity contribution >= 4 is 21.8 Å². The quantitative estimate of drug-likeness (QED) is 0.763. The molecule has 0 saturated carbocycles. The fourth-order valence-corrected chi connectivity index (χ4v) is 2.82. The summed E-state index contributed by atoms with van der Waals surface area (Å²) in [5, 5.41) is 6.74. The van der Waals surface area contributed by atoms with E-state index in [9.17, 15) is 4.79 Å². The van der Waals surface area contributed by atoms with Gasteiger partial charge in [-0.2, -0.15) is 0 Å². The first-order valence-corrected chi connectivity index (χ1v) is 8.82. The number of nitrogens with zero attached hydrogens (tertiary/aromatic N) is 2. The first kappa shape index (κ1) is 17.1. The zero-order chi connectivity index (χ0) is 16.8. The summed E-state index contributed by atoms with van der Waals surface area (Å²) in [7, 11) is 0. The minimum atomic E-state index is -0.205. The van der Waals surface area contributed by atoms with E-state index in [-0.39, 0.29) is 5.91 Å². The number of nitrogens with one attached hydrogen (secondary N) is 1. The van der Waals surface area contributed by atoms with Gasteiger partial charge in [-0.25, -0.2) is 0 Å². The molecule has 1 aliphatic rings. The molecule has 3 rings (SSSR count). The van der Waals surface area contributed by atoms with Gasteiger partial charge >= 0.3 is 0 Å². The molecule has 6 nitrogen and oxygen atoms in total. The lowest BCUT2D eigenvalue weighted by molar-refractivity contribution is 0.0374. The molecule has 0 radical (unpaired) electrons. The highest BCUT2D eigenvalue weighted by atomic mass is 79.9. The van der Waals surface area contributed by atoms with Crippen LogP contribution < -0.4 is 5.32 Å². The maximum absolute atomic E-state index is 12.1. The third kappa shape index (κ3) is 4.66. The molecule has 0 bridgehead atoms. The van der Waals surface area contributed by atoms with Crippen LogP contribution in [0.4, 0.5) is 0 Å². The molecule has 1 aromatic heterocycles. The molecular formula is C17H20BrN3O3. The fourth-order valence-electron chi connectivity index (χ4n) is 2.55. The average Bonchev–Trinajstić information content (AvgIpc) is 3.10. The molecule has 1 amide bonds. The van der Waals surface area contributed by atoms with E-state index in [1.807, 2.05) is 24.3 Å². The lowest BCUT2D eigenvalue weighted by atomic mass is 10.1. The number of halogens is 1. The number of aromatic nitrogens is 1. The van der Waals surface area contributed by atoms with E-state index in [0.29, 0.717) is 18.0 Å². The van der Waals surface area contributed by atoms with E-state index in [2.05, 4.69) is 31.3 Å². The van der Waals surface area contributed by atoms with Crippen LogP contribution in [-0.2, 0) is 4.74 Å². The molecule has 2 aromatic rings. The SMILES string of the molecule is O=C(NCCCN1CCOCC1)c1cc(-c2ccc(Br)cc2)on1. The van der Waals surface area contributed by atoms with Crippen molar-refractivity contribution < 1.29 is 14.1 Å². The zero-order valence-electron chi connectivity index (χ0n) is 13.3. The number of benzene rings is 1. The highest BCUT2D eigenvalue weighted by Gasteiger charge is 2.14. The number of ether oxygens (including phenoxy) is 1. The number of hydrogen-bond acceptors (Lipinski definition) is 5. The van der Waals surface area contributed by atoms with E-state index < -0.39 is 0 Å². The third-order valence-electron chi connectivity index (χ3n) is 3.91. The monoisotopic (exact) mass is 393 g/mol. The Kier molecular flexibility index (Phi) is 6.01. The van der Waals surface area contributed by atoms with Crippen molar-refractivity contribution in [1.82, 2.24) is 15.4 Å².